The van der Waals surface area contributed by atoms with Crippen LogP contribution in [0.15, 0.2) is 24.3 Å². The molecule has 1 atom stereocenters. The molecule has 0 aliphatic heterocycles. The van der Waals surface area contributed by atoms with Gasteiger partial charge < -0.3 is 4.74 Å². The van der Waals surface area contributed by atoms with Gasteiger partial charge in [0, 0.05) is 7.11 Å². The van der Waals surface area contributed by atoms with Crippen molar-refractivity contribution in [3.8, 4) is 0 Å². The summed E-state index contributed by atoms with van der Waals surface area (Å²) in [5.41, 5.74) is 1.41. The molecular formula is C11H20O. The summed E-state index contributed by atoms with van der Waals surface area (Å²) in [4.78, 5) is 0. The van der Waals surface area contributed by atoms with Crippen molar-refractivity contribution in [1.29, 1.82) is 0 Å². The monoisotopic (exact) mass is 168 g/mol. The van der Waals surface area contributed by atoms with Gasteiger partial charge in [-0.25, -0.2) is 0 Å². The van der Waals surface area contributed by atoms with E-state index in [4.69, 9.17) is 4.74 Å². The largest absolute Gasteiger partial charge is 0.381 e. The van der Waals surface area contributed by atoms with Crippen molar-refractivity contribution in [2.75, 3.05) is 13.7 Å². The van der Waals surface area contributed by atoms with Crippen LogP contribution < -0.4 is 0 Å². The van der Waals surface area contributed by atoms with E-state index in [2.05, 4.69) is 26.5 Å². The first kappa shape index (κ1) is 11.4. The Balaban J connectivity index is 3.55. The minimum Gasteiger partial charge on any atom is -0.381 e. The van der Waals surface area contributed by atoms with E-state index in [9.17, 15) is 0 Å². The van der Waals surface area contributed by atoms with Gasteiger partial charge in [-0.05, 0) is 25.7 Å². The fraction of sp³-hybridized carbons (Fsp3) is 0.636. The molecule has 70 valence electrons. The van der Waals surface area contributed by atoms with Crippen LogP contribution >= 0.6 is 0 Å². The van der Waals surface area contributed by atoms with Crippen molar-refractivity contribution >= 4 is 0 Å². The molecule has 0 unspecified atom stereocenters. The molecule has 0 spiro atoms. The minimum absolute atomic E-state index is 0.621. The molecule has 1 nitrogen and oxygen atoms in total. The highest BCUT2D eigenvalue weighted by Gasteiger charge is 1.96. The van der Waals surface area contributed by atoms with E-state index in [0.29, 0.717) is 5.92 Å². The third-order valence-corrected chi connectivity index (χ3v) is 1.99. The molecule has 0 N–H and O–H groups in total. The van der Waals surface area contributed by atoms with Gasteiger partial charge in [-0.2, -0.15) is 0 Å². The first-order valence-electron chi connectivity index (χ1n) is 4.47. The lowest BCUT2D eigenvalue weighted by atomic mass is 10.0. The van der Waals surface area contributed by atoms with E-state index in [0.717, 1.165) is 13.0 Å². The van der Waals surface area contributed by atoms with E-state index in [1.165, 1.54) is 12.0 Å². The van der Waals surface area contributed by atoms with Crippen LogP contribution in [0.5, 0.6) is 0 Å². The zero-order chi connectivity index (χ0) is 9.40. The predicted octanol–water partition coefficient (Wildman–Crippen LogP) is 3.18. The predicted molar refractivity (Wildman–Crippen MR) is 54.2 cm³/mol. The lowest BCUT2D eigenvalue weighted by molar-refractivity contribution is 0.233. The Kier molecular flexibility index (Phi) is 6.78. The molecule has 0 aromatic heterocycles. The molecule has 0 heterocycles. The molecule has 12 heavy (non-hydrogen) atoms. The van der Waals surface area contributed by atoms with Crippen LogP contribution in [0.1, 0.15) is 26.7 Å². The molecule has 1 heteroatoms. The summed E-state index contributed by atoms with van der Waals surface area (Å²) < 4.78 is 4.95. The molecular weight excluding hydrogens is 148 g/mol. The normalized spacial score (nSPS) is 14.4. The second-order valence-corrected chi connectivity index (χ2v) is 3.26. The summed E-state index contributed by atoms with van der Waals surface area (Å²) in [5, 5.41) is 0. The fourth-order valence-electron chi connectivity index (χ4n) is 0.901. The van der Waals surface area contributed by atoms with Crippen molar-refractivity contribution in [3.63, 3.8) is 0 Å². The first-order chi connectivity index (χ1) is 5.70. The van der Waals surface area contributed by atoms with Crippen LogP contribution in [0.4, 0.5) is 0 Å². The third kappa shape index (κ3) is 6.17. The van der Waals surface area contributed by atoms with Crippen molar-refractivity contribution in [2.24, 2.45) is 5.92 Å². The smallest absolute Gasteiger partial charge is 0.0646 e. The van der Waals surface area contributed by atoms with Gasteiger partial charge in [-0.15, -0.1) is 6.58 Å². The summed E-state index contributed by atoms with van der Waals surface area (Å²) in [7, 11) is 1.72. The Morgan fingerprint density at radius 1 is 1.58 bits per heavy atom. The second-order valence-electron chi connectivity index (χ2n) is 3.26. The van der Waals surface area contributed by atoms with Gasteiger partial charge in [-0.3, -0.25) is 0 Å². The van der Waals surface area contributed by atoms with E-state index in [1.54, 1.807) is 7.11 Å². The fourth-order valence-corrected chi connectivity index (χ4v) is 0.901. The lowest BCUT2D eigenvalue weighted by Crippen LogP contribution is -1.91. The highest BCUT2D eigenvalue weighted by molar-refractivity contribution is 4.98. The summed E-state index contributed by atoms with van der Waals surface area (Å²) >= 11 is 0. The van der Waals surface area contributed by atoms with Crippen molar-refractivity contribution < 1.29 is 4.74 Å². The van der Waals surface area contributed by atoms with Gasteiger partial charge in [-0.1, -0.05) is 24.6 Å². The van der Waals surface area contributed by atoms with E-state index >= 15 is 0 Å². The number of methoxy groups -OCH3 is 1. The molecule has 0 amide bonds. The van der Waals surface area contributed by atoms with Crippen LogP contribution in [0.3, 0.4) is 0 Å². The van der Waals surface area contributed by atoms with Crippen molar-refractivity contribution in [2.45, 2.75) is 26.7 Å². The summed E-state index contributed by atoms with van der Waals surface area (Å²) in [6, 6.07) is 0. The molecule has 0 bridgehead atoms. The van der Waals surface area contributed by atoms with Crippen LogP contribution in [0.25, 0.3) is 0 Å². The van der Waals surface area contributed by atoms with Crippen LogP contribution in [-0.2, 0) is 4.74 Å². The summed E-state index contributed by atoms with van der Waals surface area (Å²) in [6.45, 7) is 8.83. The number of allylic oxidation sites excluding steroid dienone is 2. The van der Waals surface area contributed by atoms with Crippen LogP contribution in [-0.4, -0.2) is 13.7 Å². The van der Waals surface area contributed by atoms with Gasteiger partial charge in [0.1, 0.15) is 0 Å². The SMILES string of the molecule is C=C[C@@H](C)CC/C(C)=C/COC. The standard InChI is InChI=1S/C11H20O/c1-5-10(2)6-7-11(3)8-9-12-4/h5,8,10H,1,6-7,9H2,2-4H3/b11-8+/t10-/m1/s1. The van der Waals surface area contributed by atoms with Gasteiger partial charge >= 0.3 is 0 Å². The minimum atomic E-state index is 0.621. The molecule has 0 aromatic carbocycles. The van der Waals surface area contributed by atoms with E-state index in [-0.39, 0.29) is 0 Å². The number of hydrogen-bond acceptors (Lipinski definition) is 1. The second kappa shape index (κ2) is 7.11. The Hall–Kier alpha value is -0.560. The Morgan fingerprint density at radius 3 is 2.75 bits per heavy atom. The number of rotatable bonds is 6. The molecule has 0 aliphatic carbocycles. The highest BCUT2D eigenvalue weighted by Crippen LogP contribution is 2.11. The van der Waals surface area contributed by atoms with Gasteiger partial charge in [0.15, 0.2) is 0 Å². The molecule has 0 radical (unpaired) electrons. The molecule has 0 saturated carbocycles. The average Bonchev–Trinajstić information content (AvgIpc) is 2.10. The van der Waals surface area contributed by atoms with Crippen molar-refractivity contribution in [3.05, 3.63) is 24.3 Å². The maximum absolute atomic E-state index is 4.95. The molecule has 0 aliphatic rings. The van der Waals surface area contributed by atoms with Gasteiger partial charge in [0.2, 0.25) is 0 Å². The molecule has 0 aromatic rings. The number of hydrogen-bond donors (Lipinski definition) is 0. The van der Waals surface area contributed by atoms with Gasteiger partial charge in [0.25, 0.3) is 0 Å². The van der Waals surface area contributed by atoms with E-state index in [1.807, 2.05) is 6.08 Å². The van der Waals surface area contributed by atoms with E-state index < -0.39 is 0 Å². The lowest BCUT2D eigenvalue weighted by Gasteiger charge is -2.05. The maximum Gasteiger partial charge on any atom is 0.0646 e. The average molecular weight is 168 g/mol. The maximum atomic E-state index is 4.95. The third-order valence-electron chi connectivity index (χ3n) is 1.99. The Bertz CT molecular complexity index is 147. The molecule has 0 saturated heterocycles. The van der Waals surface area contributed by atoms with Crippen LogP contribution in [0, 0.1) is 5.92 Å². The Morgan fingerprint density at radius 2 is 2.25 bits per heavy atom. The highest BCUT2D eigenvalue weighted by atomic mass is 16.5. The van der Waals surface area contributed by atoms with Crippen molar-refractivity contribution in [1.82, 2.24) is 0 Å². The summed E-state index contributed by atoms with van der Waals surface area (Å²) in [6.07, 6.45) is 6.48. The topological polar surface area (TPSA) is 9.23 Å². The van der Waals surface area contributed by atoms with Gasteiger partial charge in [0.05, 0.1) is 6.61 Å². The zero-order valence-electron chi connectivity index (χ0n) is 8.47. The summed E-state index contributed by atoms with van der Waals surface area (Å²) in [5.74, 6) is 0.621. The van der Waals surface area contributed by atoms with Crippen LogP contribution in [0.2, 0.25) is 0 Å². The molecule has 0 rings (SSSR count). The number of ether oxygens (including phenoxy) is 1. The Labute approximate surface area is 76.1 Å². The quantitative estimate of drug-likeness (QED) is 0.553. The first-order valence-corrected chi connectivity index (χ1v) is 4.47. The molecule has 0 fully saturated rings. The zero-order valence-corrected chi connectivity index (χ0v) is 8.47.